The highest BCUT2D eigenvalue weighted by Crippen LogP contribution is 2.25. The molecule has 0 aromatic heterocycles. The van der Waals surface area contributed by atoms with Gasteiger partial charge in [-0.15, -0.1) is 0 Å². The Labute approximate surface area is 164 Å². The van der Waals surface area contributed by atoms with E-state index in [4.69, 9.17) is 16.3 Å². The van der Waals surface area contributed by atoms with E-state index >= 15 is 0 Å². The van der Waals surface area contributed by atoms with Crippen molar-refractivity contribution >= 4 is 23.5 Å². The SMILES string of the molecule is COc1ccc(C[C@@H](NC(=O)c2ccc(C(C)(C)C)cc2)C(=O)O)cc1Cl. The Bertz CT molecular complexity index is 825. The van der Waals surface area contributed by atoms with Gasteiger partial charge in [-0.2, -0.15) is 0 Å². The number of carbonyl (C=O) groups excluding carboxylic acids is 1. The van der Waals surface area contributed by atoms with Crippen molar-refractivity contribution in [3.63, 3.8) is 0 Å². The lowest BCUT2D eigenvalue weighted by atomic mass is 9.86. The van der Waals surface area contributed by atoms with E-state index < -0.39 is 17.9 Å². The van der Waals surface area contributed by atoms with Gasteiger partial charge in [-0.05, 0) is 40.8 Å². The van der Waals surface area contributed by atoms with Crippen LogP contribution in [-0.2, 0) is 16.6 Å². The number of hydrogen-bond donors (Lipinski definition) is 2. The Morgan fingerprint density at radius 3 is 2.26 bits per heavy atom. The van der Waals surface area contributed by atoms with Gasteiger partial charge in [0.15, 0.2) is 0 Å². The summed E-state index contributed by atoms with van der Waals surface area (Å²) in [6.07, 6.45) is 0.116. The molecule has 5 nitrogen and oxygen atoms in total. The van der Waals surface area contributed by atoms with Crippen LogP contribution < -0.4 is 10.1 Å². The van der Waals surface area contributed by atoms with E-state index in [0.29, 0.717) is 21.9 Å². The van der Waals surface area contributed by atoms with E-state index in [9.17, 15) is 14.7 Å². The third-order valence-electron chi connectivity index (χ3n) is 4.27. The zero-order valence-electron chi connectivity index (χ0n) is 15.9. The molecule has 0 bridgehead atoms. The maximum absolute atomic E-state index is 12.5. The van der Waals surface area contributed by atoms with Gasteiger partial charge >= 0.3 is 5.97 Å². The topological polar surface area (TPSA) is 75.6 Å². The molecule has 0 unspecified atom stereocenters. The van der Waals surface area contributed by atoms with Gasteiger partial charge in [-0.3, -0.25) is 4.79 Å². The first-order valence-electron chi connectivity index (χ1n) is 8.58. The number of rotatable bonds is 6. The number of carboxylic acid groups (broad SMARTS) is 1. The highest BCUT2D eigenvalue weighted by Gasteiger charge is 2.22. The minimum absolute atomic E-state index is 0.0216. The third kappa shape index (κ3) is 5.47. The van der Waals surface area contributed by atoms with Crippen LogP contribution in [0.2, 0.25) is 5.02 Å². The molecule has 0 heterocycles. The molecule has 1 amide bonds. The summed E-state index contributed by atoms with van der Waals surface area (Å²) >= 11 is 6.09. The molecule has 0 radical (unpaired) electrons. The van der Waals surface area contributed by atoms with Crippen molar-refractivity contribution in [1.29, 1.82) is 0 Å². The van der Waals surface area contributed by atoms with E-state index in [0.717, 1.165) is 5.56 Å². The Kier molecular flexibility index (Phi) is 6.50. The number of nitrogens with one attached hydrogen (secondary N) is 1. The van der Waals surface area contributed by atoms with Gasteiger partial charge in [0, 0.05) is 12.0 Å². The molecular weight excluding hydrogens is 366 g/mol. The number of carboxylic acids is 1. The first-order valence-corrected chi connectivity index (χ1v) is 8.96. The summed E-state index contributed by atoms with van der Waals surface area (Å²) in [5.41, 5.74) is 2.19. The van der Waals surface area contributed by atoms with Crippen LogP contribution in [-0.4, -0.2) is 30.1 Å². The summed E-state index contributed by atoms with van der Waals surface area (Å²) in [7, 11) is 1.51. The van der Waals surface area contributed by atoms with E-state index in [1.54, 1.807) is 30.3 Å². The molecule has 1 atom stereocenters. The number of aliphatic carboxylic acids is 1. The average Bonchev–Trinajstić information content (AvgIpc) is 2.60. The molecule has 0 saturated heterocycles. The Morgan fingerprint density at radius 1 is 1.15 bits per heavy atom. The van der Waals surface area contributed by atoms with Crippen molar-refractivity contribution in [3.05, 3.63) is 64.2 Å². The summed E-state index contributed by atoms with van der Waals surface area (Å²) < 4.78 is 5.09. The van der Waals surface area contributed by atoms with Crippen LogP contribution in [0.4, 0.5) is 0 Å². The number of hydrogen-bond acceptors (Lipinski definition) is 3. The number of halogens is 1. The van der Waals surface area contributed by atoms with Crippen LogP contribution in [0.1, 0.15) is 42.3 Å². The predicted octanol–water partition coefficient (Wildman–Crippen LogP) is 4.07. The Balaban J connectivity index is 2.12. The molecule has 0 aliphatic rings. The molecule has 2 N–H and O–H groups in total. The first-order chi connectivity index (χ1) is 12.6. The highest BCUT2D eigenvalue weighted by molar-refractivity contribution is 6.32. The van der Waals surface area contributed by atoms with Crippen LogP contribution in [0.25, 0.3) is 0 Å². The highest BCUT2D eigenvalue weighted by atomic mass is 35.5. The molecule has 0 saturated carbocycles. The summed E-state index contributed by atoms with van der Waals surface area (Å²) in [5.74, 6) is -1.03. The lowest BCUT2D eigenvalue weighted by Crippen LogP contribution is -2.42. The van der Waals surface area contributed by atoms with E-state index in [2.05, 4.69) is 26.1 Å². The number of ether oxygens (including phenoxy) is 1. The summed E-state index contributed by atoms with van der Waals surface area (Å²) in [5, 5.41) is 12.4. The second-order valence-electron chi connectivity index (χ2n) is 7.36. The van der Waals surface area contributed by atoms with Crippen LogP contribution in [0.5, 0.6) is 5.75 Å². The lowest BCUT2D eigenvalue weighted by Gasteiger charge is -2.19. The summed E-state index contributed by atoms with van der Waals surface area (Å²) in [6.45, 7) is 6.26. The molecule has 2 aromatic carbocycles. The van der Waals surface area contributed by atoms with E-state index in [-0.39, 0.29) is 11.8 Å². The molecule has 27 heavy (non-hydrogen) atoms. The molecule has 0 aliphatic heterocycles. The van der Waals surface area contributed by atoms with Gasteiger partial charge in [-0.25, -0.2) is 4.79 Å². The molecule has 0 fully saturated rings. The second-order valence-corrected chi connectivity index (χ2v) is 7.77. The molecule has 2 rings (SSSR count). The van der Waals surface area contributed by atoms with Gasteiger partial charge in [0.25, 0.3) is 5.91 Å². The minimum atomic E-state index is -1.11. The molecular formula is C21H24ClNO4. The minimum Gasteiger partial charge on any atom is -0.495 e. The van der Waals surface area contributed by atoms with Crippen LogP contribution in [0, 0.1) is 0 Å². The third-order valence-corrected chi connectivity index (χ3v) is 4.57. The van der Waals surface area contributed by atoms with Gasteiger partial charge in [-0.1, -0.05) is 50.6 Å². The number of benzene rings is 2. The smallest absolute Gasteiger partial charge is 0.326 e. The van der Waals surface area contributed by atoms with E-state index in [1.165, 1.54) is 7.11 Å². The van der Waals surface area contributed by atoms with Gasteiger partial charge in [0.1, 0.15) is 11.8 Å². The van der Waals surface area contributed by atoms with Crippen molar-refractivity contribution in [2.45, 2.75) is 38.6 Å². The van der Waals surface area contributed by atoms with Crippen molar-refractivity contribution in [2.24, 2.45) is 0 Å². The molecule has 144 valence electrons. The fraction of sp³-hybridized carbons (Fsp3) is 0.333. The Morgan fingerprint density at radius 2 is 1.78 bits per heavy atom. The van der Waals surface area contributed by atoms with Crippen LogP contribution >= 0.6 is 11.6 Å². The fourth-order valence-electron chi connectivity index (χ4n) is 2.64. The first kappa shape index (κ1) is 20.8. The zero-order chi connectivity index (χ0) is 20.2. The number of carbonyl (C=O) groups is 2. The number of amides is 1. The standard InChI is InChI=1S/C21H24ClNO4/c1-21(2,3)15-8-6-14(7-9-15)19(24)23-17(20(25)26)12-13-5-10-18(27-4)16(22)11-13/h5-11,17H,12H2,1-4H3,(H,23,24)(H,25,26)/t17-/m1/s1. The maximum Gasteiger partial charge on any atom is 0.326 e. The van der Waals surface area contributed by atoms with Gasteiger partial charge in [0.2, 0.25) is 0 Å². The van der Waals surface area contributed by atoms with Gasteiger partial charge < -0.3 is 15.2 Å². The summed E-state index contributed by atoms with van der Waals surface area (Å²) in [6, 6.07) is 11.2. The molecule has 0 aliphatic carbocycles. The largest absolute Gasteiger partial charge is 0.495 e. The Hall–Kier alpha value is -2.53. The van der Waals surface area contributed by atoms with Crippen LogP contribution in [0.3, 0.4) is 0 Å². The van der Waals surface area contributed by atoms with Crippen molar-refractivity contribution < 1.29 is 19.4 Å². The fourth-order valence-corrected chi connectivity index (χ4v) is 2.92. The normalized spacial score (nSPS) is 12.3. The molecule has 2 aromatic rings. The molecule has 6 heteroatoms. The van der Waals surface area contributed by atoms with Crippen molar-refractivity contribution in [3.8, 4) is 5.75 Å². The van der Waals surface area contributed by atoms with Crippen molar-refractivity contribution in [1.82, 2.24) is 5.32 Å². The average molecular weight is 390 g/mol. The quantitative estimate of drug-likeness (QED) is 0.780. The summed E-state index contributed by atoms with van der Waals surface area (Å²) in [4.78, 5) is 24.0. The van der Waals surface area contributed by atoms with E-state index in [1.807, 2.05) is 12.1 Å². The van der Waals surface area contributed by atoms with Crippen LogP contribution in [0.15, 0.2) is 42.5 Å². The monoisotopic (exact) mass is 389 g/mol. The predicted molar refractivity (Wildman–Crippen MR) is 106 cm³/mol. The van der Waals surface area contributed by atoms with Gasteiger partial charge in [0.05, 0.1) is 12.1 Å². The molecule has 0 spiro atoms. The lowest BCUT2D eigenvalue weighted by molar-refractivity contribution is -0.139. The maximum atomic E-state index is 12.5. The number of methoxy groups -OCH3 is 1. The zero-order valence-corrected chi connectivity index (χ0v) is 16.6. The second kappa shape index (κ2) is 8.44. The van der Waals surface area contributed by atoms with Crippen molar-refractivity contribution in [2.75, 3.05) is 7.11 Å².